The molecule has 0 saturated heterocycles. The Bertz CT molecular complexity index is 436. The fraction of sp³-hybridized carbons (Fsp3) is 0.625. The predicted molar refractivity (Wildman–Crippen MR) is 73.8 cm³/mol. The van der Waals surface area contributed by atoms with Crippen LogP contribution in [-0.2, 0) is 10.9 Å². The molecular weight excluding hydrogens is 281 g/mol. The maximum absolute atomic E-state index is 12.5. The van der Waals surface area contributed by atoms with Crippen LogP contribution in [0, 0.1) is 5.92 Å². The molecule has 2 unspecified atom stereocenters. The Labute approximate surface area is 122 Å². The largest absolute Gasteiger partial charge is 0.416 e. The first-order chi connectivity index (χ1) is 9.93. The second kappa shape index (κ2) is 6.79. The number of halogens is 3. The molecule has 2 atom stereocenters. The summed E-state index contributed by atoms with van der Waals surface area (Å²) in [5.74, 6) is 0.265. The van der Waals surface area contributed by atoms with Gasteiger partial charge in [0.2, 0.25) is 0 Å². The van der Waals surface area contributed by atoms with Crippen molar-refractivity contribution in [3.63, 3.8) is 0 Å². The van der Waals surface area contributed by atoms with Crippen LogP contribution in [0.4, 0.5) is 13.2 Å². The molecule has 1 aliphatic rings. The van der Waals surface area contributed by atoms with Gasteiger partial charge < -0.3 is 9.84 Å². The Balaban J connectivity index is 2.11. The lowest BCUT2D eigenvalue weighted by molar-refractivity contribution is -0.137. The highest BCUT2D eigenvalue weighted by molar-refractivity contribution is 5.26. The third kappa shape index (κ3) is 3.98. The summed E-state index contributed by atoms with van der Waals surface area (Å²) >= 11 is 0. The van der Waals surface area contributed by atoms with Gasteiger partial charge in [0, 0.05) is 7.11 Å². The fourth-order valence-corrected chi connectivity index (χ4v) is 3.10. The van der Waals surface area contributed by atoms with E-state index in [1.807, 2.05) is 0 Å². The molecule has 1 fully saturated rings. The predicted octanol–water partition coefficient (Wildman–Crippen LogP) is 4.33. The average molecular weight is 302 g/mol. The van der Waals surface area contributed by atoms with E-state index in [0.29, 0.717) is 5.56 Å². The molecule has 0 aliphatic heterocycles. The van der Waals surface area contributed by atoms with Crippen LogP contribution in [0.3, 0.4) is 0 Å². The van der Waals surface area contributed by atoms with Crippen molar-refractivity contribution in [2.45, 2.75) is 50.5 Å². The van der Waals surface area contributed by atoms with Gasteiger partial charge in [-0.3, -0.25) is 0 Å². The summed E-state index contributed by atoms with van der Waals surface area (Å²) in [5.41, 5.74) is -0.231. The number of aliphatic hydroxyl groups excluding tert-OH is 1. The van der Waals surface area contributed by atoms with E-state index < -0.39 is 17.8 Å². The normalized spacial score (nSPS) is 20.2. The summed E-state index contributed by atoms with van der Waals surface area (Å²) in [5, 5.41) is 10.4. The van der Waals surface area contributed by atoms with Gasteiger partial charge in [-0.2, -0.15) is 13.2 Å². The van der Waals surface area contributed by atoms with Gasteiger partial charge in [-0.05, 0) is 36.5 Å². The Morgan fingerprint density at radius 2 is 1.67 bits per heavy atom. The maximum Gasteiger partial charge on any atom is 0.416 e. The zero-order valence-electron chi connectivity index (χ0n) is 12.1. The van der Waals surface area contributed by atoms with Crippen molar-refractivity contribution in [2.24, 2.45) is 5.92 Å². The van der Waals surface area contributed by atoms with Gasteiger partial charge in [-0.25, -0.2) is 0 Å². The van der Waals surface area contributed by atoms with Crippen LogP contribution in [0.5, 0.6) is 0 Å². The topological polar surface area (TPSA) is 29.5 Å². The number of ether oxygens (including phenoxy) is 1. The van der Waals surface area contributed by atoms with E-state index in [9.17, 15) is 18.3 Å². The zero-order valence-corrected chi connectivity index (χ0v) is 12.1. The van der Waals surface area contributed by atoms with Crippen LogP contribution in [0.15, 0.2) is 24.3 Å². The molecule has 1 saturated carbocycles. The summed E-state index contributed by atoms with van der Waals surface area (Å²) in [7, 11) is 1.55. The molecule has 0 bridgehead atoms. The smallest absolute Gasteiger partial charge is 0.386 e. The Morgan fingerprint density at radius 3 is 2.14 bits per heavy atom. The molecule has 21 heavy (non-hydrogen) atoms. The SMILES string of the molecule is COC(C1CCCCC1)C(O)c1ccc(C(F)(F)F)cc1. The van der Waals surface area contributed by atoms with Crippen molar-refractivity contribution >= 4 is 0 Å². The molecule has 1 N–H and O–H groups in total. The van der Waals surface area contributed by atoms with Gasteiger partial charge in [0.25, 0.3) is 0 Å². The minimum Gasteiger partial charge on any atom is -0.386 e. The lowest BCUT2D eigenvalue weighted by Gasteiger charge is -2.32. The second-order valence-corrected chi connectivity index (χ2v) is 5.66. The van der Waals surface area contributed by atoms with E-state index in [-0.39, 0.29) is 12.0 Å². The second-order valence-electron chi connectivity index (χ2n) is 5.66. The standard InChI is InChI=1S/C16H21F3O2/c1-21-15(12-5-3-2-4-6-12)14(20)11-7-9-13(10-8-11)16(17,18)19/h7-10,12,14-15,20H,2-6H2,1H3. The number of benzene rings is 1. The van der Waals surface area contributed by atoms with Crippen molar-refractivity contribution in [3.05, 3.63) is 35.4 Å². The number of rotatable bonds is 4. The molecule has 118 valence electrons. The summed E-state index contributed by atoms with van der Waals surface area (Å²) in [4.78, 5) is 0. The molecule has 0 radical (unpaired) electrons. The molecule has 0 heterocycles. The van der Waals surface area contributed by atoms with Crippen LogP contribution in [0.2, 0.25) is 0 Å². The Kier molecular flexibility index (Phi) is 5.27. The number of aliphatic hydroxyl groups is 1. The quantitative estimate of drug-likeness (QED) is 0.897. The minimum absolute atomic E-state index is 0.265. The lowest BCUT2D eigenvalue weighted by Crippen LogP contribution is -2.31. The first kappa shape index (κ1) is 16.3. The monoisotopic (exact) mass is 302 g/mol. The molecule has 1 aliphatic carbocycles. The third-order valence-corrected chi connectivity index (χ3v) is 4.28. The fourth-order valence-electron chi connectivity index (χ4n) is 3.10. The third-order valence-electron chi connectivity index (χ3n) is 4.28. The average Bonchev–Trinajstić information content (AvgIpc) is 2.48. The molecule has 2 nitrogen and oxygen atoms in total. The van der Waals surface area contributed by atoms with Gasteiger partial charge in [-0.15, -0.1) is 0 Å². The van der Waals surface area contributed by atoms with Crippen LogP contribution in [0.1, 0.15) is 49.3 Å². The van der Waals surface area contributed by atoms with E-state index >= 15 is 0 Å². The molecule has 0 aromatic heterocycles. The van der Waals surface area contributed by atoms with Gasteiger partial charge in [0.05, 0.1) is 11.7 Å². The molecule has 1 aromatic carbocycles. The molecule has 0 spiro atoms. The first-order valence-electron chi connectivity index (χ1n) is 7.31. The van der Waals surface area contributed by atoms with Crippen LogP contribution in [0.25, 0.3) is 0 Å². The van der Waals surface area contributed by atoms with Crippen LogP contribution < -0.4 is 0 Å². The molecule has 1 aromatic rings. The Morgan fingerprint density at radius 1 is 1.10 bits per heavy atom. The van der Waals surface area contributed by atoms with E-state index in [1.54, 1.807) is 7.11 Å². The molecule has 0 amide bonds. The number of hydrogen-bond donors (Lipinski definition) is 1. The van der Waals surface area contributed by atoms with E-state index in [2.05, 4.69) is 0 Å². The van der Waals surface area contributed by atoms with Gasteiger partial charge >= 0.3 is 6.18 Å². The molecule has 5 heteroatoms. The van der Waals surface area contributed by atoms with Crippen molar-refractivity contribution < 1.29 is 23.0 Å². The number of methoxy groups -OCH3 is 1. The summed E-state index contributed by atoms with van der Waals surface area (Å²) in [6.07, 6.45) is -0.181. The highest BCUT2D eigenvalue weighted by atomic mass is 19.4. The summed E-state index contributed by atoms with van der Waals surface area (Å²) in [6.45, 7) is 0. The maximum atomic E-state index is 12.5. The van der Waals surface area contributed by atoms with Crippen LogP contribution >= 0.6 is 0 Å². The summed E-state index contributed by atoms with van der Waals surface area (Å²) < 4.78 is 43.1. The highest BCUT2D eigenvalue weighted by Crippen LogP contribution is 2.35. The van der Waals surface area contributed by atoms with Crippen molar-refractivity contribution in [1.29, 1.82) is 0 Å². The van der Waals surface area contributed by atoms with E-state index in [1.165, 1.54) is 18.6 Å². The van der Waals surface area contributed by atoms with E-state index in [4.69, 9.17) is 4.74 Å². The van der Waals surface area contributed by atoms with Gasteiger partial charge in [0.1, 0.15) is 6.10 Å². The minimum atomic E-state index is -4.35. The van der Waals surface area contributed by atoms with E-state index in [0.717, 1.165) is 37.8 Å². The van der Waals surface area contributed by atoms with Crippen LogP contribution in [-0.4, -0.2) is 18.3 Å². The zero-order chi connectivity index (χ0) is 15.5. The Hall–Kier alpha value is -1.07. The highest BCUT2D eigenvalue weighted by Gasteiger charge is 2.32. The molecule has 2 rings (SSSR count). The van der Waals surface area contributed by atoms with Gasteiger partial charge in [0.15, 0.2) is 0 Å². The van der Waals surface area contributed by atoms with Gasteiger partial charge in [-0.1, -0.05) is 31.4 Å². The van der Waals surface area contributed by atoms with Crippen molar-refractivity contribution in [2.75, 3.05) is 7.11 Å². The molecular formula is C16H21F3O2. The van der Waals surface area contributed by atoms with Crippen molar-refractivity contribution in [1.82, 2.24) is 0 Å². The number of hydrogen-bond acceptors (Lipinski definition) is 2. The number of alkyl halides is 3. The summed E-state index contributed by atoms with van der Waals surface area (Å²) in [6, 6.07) is 4.68. The first-order valence-corrected chi connectivity index (χ1v) is 7.31. The van der Waals surface area contributed by atoms with Crippen molar-refractivity contribution in [3.8, 4) is 0 Å². The lowest BCUT2D eigenvalue weighted by atomic mass is 9.82.